The molecule has 0 fully saturated rings. The molecule has 0 amide bonds. The Labute approximate surface area is 139 Å². The Balaban J connectivity index is 1.95. The monoisotopic (exact) mass is 339 g/mol. The van der Waals surface area contributed by atoms with Crippen LogP contribution >= 0.6 is 11.6 Å². The van der Waals surface area contributed by atoms with Gasteiger partial charge in [0.15, 0.2) is 11.5 Å². The van der Waals surface area contributed by atoms with Gasteiger partial charge in [-0.1, -0.05) is 11.6 Å². The topological polar surface area (TPSA) is 53.7 Å². The van der Waals surface area contributed by atoms with E-state index in [1.807, 2.05) is 13.0 Å². The van der Waals surface area contributed by atoms with E-state index in [1.165, 1.54) is 12.1 Å². The third kappa shape index (κ3) is 5.01. The van der Waals surface area contributed by atoms with Gasteiger partial charge in [-0.15, -0.1) is 0 Å². The molecule has 0 heterocycles. The average Bonchev–Trinajstić information content (AvgIpc) is 2.55. The number of halogens is 2. The average molecular weight is 340 g/mol. The van der Waals surface area contributed by atoms with Gasteiger partial charge in [0.25, 0.3) is 0 Å². The van der Waals surface area contributed by atoms with Gasteiger partial charge in [0, 0.05) is 6.54 Å². The Hall–Kier alpha value is -1.98. The maximum Gasteiger partial charge on any atom is 0.179 e. The summed E-state index contributed by atoms with van der Waals surface area (Å²) in [4.78, 5) is 0. The quantitative estimate of drug-likeness (QED) is 0.743. The Morgan fingerprint density at radius 2 is 1.74 bits per heavy atom. The van der Waals surface area contributed by atoms with Crippen LogP contribution in [0.25, 0.3) is 0 Å². The summed E-state index contributed by atoms with van der Waals surface area (Å²) in [6.07, 6.45) is 0. The molecule has 0 aliphatic carbocycles. The van der Waals surface area contributed by atoms with Crippen LogP contribution in [0.15, 0.2) is 36.4 Å². The Morgan fingerprint density at radius 1 is 1.04 bits per heavy atom. The van der Waals surface area contributed by atoms with Crippen molar-refractivity contribution in [3.8, 4) is 17.2 Å². The van der Waals surface area contributed by atoms with E-state index >= 15 is 0 Å². The van der Waals surface area contributed by atoms with Crippen LogP contribution in [0.5, 0.6) is 17.2 Å². The van der Waals surface area contributed by atoms with E-state index in [0.29, 0.717) is 42.0 Å². The summed E-state index contributed by atoms with van der Waals surface area (Å²) in [5.74, 6) is 1.29. The molecule has 0 unspecified atom stereocenters. The fourth-order valence-corrected chi connectivity index (χ4v) is 2.26. The predicted octanol–water partition coefficient (Wildman–Crippen LogP) is 3.79. The van der Waals surface area contributed by atoms with Gasteiger partial charge in [0.2, 0.25) is 0 Å². The van der Waals surface area contributed by atoms with E-state index in [4.69, 9.17) is 31.5 Å². The summed E-state index contributed by atoms with van der Waals surface area (Å²) < 4.78 is 29.5. The predicted molar refractivity (Wildman–Crippen MR) is 87.9 cm³/mol. The van der Waals surface area contributed by atoms with Crippen LogP contribution in [0.2, 0.25) is 5.02 Å². The van der Waals surface area contributed by atoms with Gasteiger partial charge in [0.05, 0.1) is 11.6 Å². The summed E-state index contributed by atoms with van der Waals surface area (Å²) >= 11 is 6.22. The van der Waals surface area contributed by atoms with Crippen LogP contribution in [-0.2, 0) is 6.54 Å². The van der Waals surface area contributed by atoms with Crippen LogP contribution in [-0.4, -0.2) is 19.8 Å². The van der Waals surface area contributed by atoms with Crippen molar-refractivity contribution in [1.82, 2.24) is 0 Å². The van der Waals surface area contributed by atoms with Gasteiger partial charge in [-0.3, -0.25) is 0 Å². The third-order valence-electron chi connectivity index (χ3n) is 3.02. The second-order valence-electron chi connectivity index (χ2n) is 4.69. The van der Waals surface area contributed by atoms with Crippen molar-refractivity contribution in [2.24, 2.45) is 5.73 Å². The highest BCUT2D eigenvalue weighted by Crippen LogP contribution is 2.36. The lowest BCUT2D eigenvalue weighted by Gasteiger charge is -2.15. The smallest absolute Gasteiger partial charge is 0.179 e. The van der Waals surface area contributed by atoms with Crippen LogP contribution in [0, 0.1) is 5.82 Å². The number of ether oxygens (including phenoxy) is 3. The van der Waals surface area contributed by atoms with Crippen molar-refractivity contribution < 1.29 is 18.6 Å². The van der Waals surface area contributed by atoms with E-state index in [0.717, 1.165) is 5.56 Å². The molecule has 0 radical (unpaired) electrons. The number of hydrogen-bond donors (Lipinski definition) is 1. The molecule has 0 aliphatic heterocycles. The molecule has 23 heavy (non-hydrogen) atoms. The molecule has 0 bridgehead atoms. The van der Waals surface area contributed by atoms with Gasteiger partial charge in [-0.05, 0) is 48.9 Å². The Kier molecular flexibility index (Phi) is 6.50. The van der Waals surface area contributed by atoms with Gasteiger partial charge >= 0.3 is 0 Å². The standard InChI is InChI=1S/C17H19ClFNO3/c1-2-21-16-10-12(11-20)9-15(18)17(16)23-8-7-22-14-5-3-13(19)4-6-14/h3-6,9-10H,2,7-8,11,20H2,1H3. The first-order valence-corrected chi connectivity index (χ1v) is 7.68. The molecule has 6 heteroatoms. The molecule has 0 spiro atoms. The lowest BCUT2D eigenvalue weighted by molar-refractivity contribution is 0.208. The summed E-state index contributed by atoms with van der Waals surface area (Å²) in [6.45, 7) is 3.32. The zero-order valence-corrected chi connectivity index (χ0v) is 13.6. The van der Waals surface area contributed by atoms with E-state index in [1.54, 1.807) is 18.2 Å². The molecule has 0 saturated carbocycles. The summed E-state index contributed by atoms with van der Waals surface area (Å²) in [7, 11) is 0. The van der Waals surface area contributed by atoms with Crippen LogP contribution in [0.4, 0.5) is 4.39 Å². The largest absolute Gasteiger partial charge is 0.490 e. The molecule has 2 aromatic carbocycles. The van der Waals surface area contributed by atoms with Gasteiger partial charge in [-0.2, -0.15) is 0 Å². The highest BCUT2D eigenvalue weighted by atomic mass is 35.5. The van der Waals surface area contributed by atoms with E-state index < -0.39 is 0 Å². The molecular formula is C17H19ClFNO3. The Bertz CT molecular complexity index is 634. The number of nitrogens with two attached hydrogens (primary N) is 1. The summed E-state index contributed by atoms with van der Waals surface area (Å²) in [5.41, 5.74) is 6.50. The highest BCUT2D eigenvalue weighted by Gasteiger charge is 2.12. The minimum atomic E-state index is -0.304. The lowest BCUT2D eigenvalue weighted by Crippen LogP contribution is -2.10. The van der Waals surface area contributed by atoms with E-state index in [-0.39, 0.29) is 12.4 Å². The molecule has 2 rings (SSSR count). The molecule has 124 valence electrons. The second kappa shape index (κ2) is 8.60. The van der Waals surface area contributed by atoms with Crippen LogP contribution < -0.4 is 19.9 Å². The number of hydrogen-bond acceptors (Lipinski definition) is 4. The Morgan fingerprint density at radius 3 is 2.39 bits per heavy atom. The van der Waals surface area contributed by atoms with Crippen molar-refractivity contribution in [2.45, 2.75) is 13.5 Å². The van der Waals surface area contributed by atoms with E-state index in [9.17, 15) is 4.39 Å². The molecule has 0 aliphatic rings. The number of rotatable bonds is 8. The molecule has 2 aromatic rings. The maximum absolute atomic E-state index is 12.8. The fraction of sp³-hybridized carbons (Fsp3) is 0.294. The van der Waals surface area contributed by atoms with Crippen molar-refractivity contribution in [3.63, 3.8) is 0 Å². The highest BCUT2D eigenvalue weighted by molar-refractivity contribution is 6.32. The van der Waals surface area contributed by atoms with Crippen molar-refractivity contribution in [2.75, 3.05) is 19.8 Å². The molecule has 0 saturated heterocycles. The van der Waals surface area contributed by atoms with Crippen molar-refractivity contribution in [1.29, 1.82) is 0 Å². The zero-order chi connectivity index (χ0) is 16.7. The van der Waals surface area contributed by atoms with Gasteiger partial charge in [0.1, 0.15) is 24.8 Å². The lowest BCUT2D eigenvalue weighted by atomic mass is 10.2. The maximum atomic E-state index is 12.8. The van der Waals surface area contributed by atoms with Gasteiger partial charge < -0.3 is 19.9 Å². The molecule has 0 atom stereocenters. The molecule has 2 N–H and O–H groups in total. The summed E-state index contributed by atoms with van der Waals surface area (Å²) in [6, 6.07) is 9.36. The van der Waals surface area contributed by atoms with E-state index in [2.05, 4.69) is 0 Å². The summed E-state index contributed by atoms with van der Waals surface area (Å²) in [5, 5.41) is 0.443. The minimum Gasteiger partial charge on any atom is -0.490 e. The first-order valence-electron chi connectivity index (χ1n) is 7.30. The third-order valence-corrected chi connectivity index (χ3v) is 3.30. The minimum absolute atomic E-state index is 0.277. The number of benzene rings is 2. The van der Waals surface area contributed by atoms with Gasteiger partial charge in [-0.25, -0.2) is 4.39 Å². The first kappa shape index (κ1) is 17.4. The second-order valence-corrected chi connectivity index (χ2v) is 5.10. The molecule has 0 aromatic heterocycles. The first-order chi connectivity index (χ1) is 11.1. The van der Waals surface area contributed by atoms with Crippen molar-refractivity contribution in [3.05, 3.63) is 52.8 Å². The SMILES string of the molecule is CCOc1cc(CN)cc(Cl)c1OCCOc1ccc(F)cc1. The molecular weight excluding hydrogens is 321 g/mol. The van der Waals surface area contributed by atoms with Crippen LogP contribution in [0.3, 0.4) is 0 Å². The zero-order valence-electron chi connectivity index (χ0n) is 12.9. The molecule has 4 nitrogen and oxygen atoms in total. The fourth-order valence-electron chi connectivity index (χ4n) is 1.98. The normalized spacial score (nSPS) is 10.4. The van der Waals surface area contributed by atoms with Crippen LogP contribution in [0.1, 0.15) is 12.5 Å². The van der Waals surface area contributed by atoms with Crippen molar-refractivity contribution >= 4 is 11.6 Å².